The molecule has 236 valence electrons. The number of nitrogens with zero attached hydrogens (tertiary/aromatic N) is 4. The molecule has 2 aliphatic rings. The molecule has 6 rings (SSSR count). The number of aromatic hydroxyl groups is 2. The number of phenolic OH excluding ortho intramolecular Hbond substituents is 2. The van der Waals surface area contributed by atoms with Crippen molar-refractivity contribution in [2.24, 2.45) is 10.8 Å². The highest BCUT2D eigenvalue weighted by atomic mass is 16.3. The normalized spacial score (nSPS) is 19.0. The van der Waals surface area contributed by atoms with E-state index in [1.165, 1.54) is 25.7 Å². The Kier molecular flexibility index (Phi) is 8.21. The van der Waals surface area contributed by atoms with Crippen LogP contribution in [-0.4, -0.2) is 30.1 Å². The van der Waals surface area contributed by atoms with Gasteiger partial charge in [-0.2, -0.15) is 0 Å². The van der Waals surface area contributed by atoms with Gasteiger partial charge in [0.25, 0.3) is 0 Å². The molecule has 2 aromatic carbocycles. The molecule has 0 aliphatic heterocycles. The third-order valence-electron chi connectivity index (χ3n) is 11.6. The Morgan fingerprint density at radius 1 is 0.622 bits per heavy atom. The van der Waals surface area contributed by atoms with Gasteiger partial charge in [0.15, 0.2) is 0 Å². The van der Waals surface area contributed by atoms with E-state index in [2.05, 4.69) is 41.5 Å². The predicted molar refractivity (Wildman–Crippen MR) is 180 cm³/mol. The Bertz CT molecular complexity index is 1560. The summed E-state index contributed by atoms with van der Waals surface area (Å²) < 4.78 is 0. The van der Waals surface area contributed by atoms with Gasteiger partial charge >= 0.3 is 0 Å². The number of phenols is 2. The topological polar surface area (TPSA) is 92.0 Å². The van der Waals surface area contributed by atoms with Crippen molar-refractivity contribution in [3.8, 4) is 34.0 Å². The van der Waals surface area contributed by atoms with Crippen LogP contribution in [0.25, 0.3) is 22.5 Å². The SMILES string of the molecule is CC(c1ncc(C(C)(C)c2cnc(C(C)C3(C)CCCC3)c(-c3ccccc3O)n2)nc1-c1ccccc1O)C1(C)CCCC1. The van der Waals surface area contributed by atoms with E-state index in [1.807, 2.05) is 48.8 Å². The van der Waals surface area contributed by atoms with Crippen molar-refractivity contribution in [2.75, 3.05) is 0 Å². The molecule has 2 atom stereocenters. The van der Waals surface area contributed by atoms with Crippen LogP contribution in [0.15, 0.2) is 60.9 Å². The van der Waals surface area contributed by atoms with Gasteiger partial charge in [0.2, 0.25) is 0 Å². The molecule has 0 radical (unpaired) electrons. The Morgan fingerprint density at radius 3 is 1.33 bits per heavy atom. The molecule has 2 aliphatic carbocycles. The lowest BCUT2D eigenvalue weighted by Gasteiger charge is -2.33. The number of benzene rings is 2. The van der Waals surface area contributed by atoms with Crippen molar-refractivity contribution < 1.29 is 10.2 Å². The number of aromatic nitrogens is 4. The molecule has 0 spiro atoms. The van der Waals surface area contributed by atoms with Crippen molar-refractivity contribution in [3.05, 3.63) is 83.7 Å². The summed E-state index contributed by atoms with van der Waals surface area (Å²) in [7, 11) is 0. The monoisotopic (exact) mass is 604 g/mol. The van der Waals surface area contributed by atoms with Crippen LogP contribution in [0, 0.1) is 10.8 Å². The lowest BCUT2D eigenvalue weighted by atomic mass is 9.73. The van der Waals surface area contributed by atoms with E-state index in [0.717, 1.165) is 59.8 Å². The molecular weight excluding hydrogens is 556 g/mol. The summed E-state index contributed by atoms with van der Waals surface area (Å²) in [4.78, 5) is 20.8. The van der Waals surface area contributed by atoms with Gasteiger partial charge in [-0.1, -0.05) is 77.6 Å². The van der Waals surface area contributed by atoms with Crippen LogP contribution in [0.2, 0.25) is 0 Å². The summed E-state index contributed by atoms with van der Waals surface area (Å²) >= 11 is 0. The summed E-state index contributed by atoms with van der Waals surface area (Å²) in [5.41, 5.74) is 5.85. The molecule has 2 aromatic heterocycles. The third-order valence-corrected chi connectivity index (χ3v) is 11.6. The van der Waals surface area contributed by atoms with E-state index in [4.69, 9.17) is 19.9 Å². The molecule has 2 saturated carbocycles. The Hall–Kier alpha value is -3.80. The van der Waals surface area contributed by atoms with Gasteiger partial charge in [-0.25, -0.2) is 9.97 Å². The Morgan fingerprint density at radius 2 is 0.978 bits per heavy atom. The zero-order valence-electron chi connectivity index (χ0n) is 27.8. The number of hydrogen-bond donors (Lipinski definition) is 2. The maximum Gasteiger partial charge on any atom is 0.125 e. The van der Waals surface area contributed by atoms with E-state index in [9.17, 15) is 10.2 Å². The average Bonchev–Trinajstić information content (AvgIpc) is 3.70. The molecule has 2 heterocycles. The van der Waals surface area contributed by atoms with E-state index in [0.29, 0.717) is 11.1 Å². The molecular formula is C39H48N4O2. The molecule has 4 aromatic rings. The minimum Gasteiger partial charge on any atom is -0.507 e. The van der Waals surface area contributed by atoms with Crippen LogP contribution < -0.4 is 0 Å². The third kappa shape index (κ3) is 5.62. The predicted octanol–water partition coefficient (Wildman–Crippen LogP) is 9.71. The average molecular weight is 605 g/mol. The van der Waals surface area contributed by atoms with Crippen molar-refractivity contribution in [2.45, 2.75) is 110 Å². The molecule has 45 heavy (non-hydrogen) atoms. The van der Waals surface area contributed by atoms with Crippen LogP contribution in [0.4, 0.5) is 0 Å². The first-order valence-corrected chi connectivity index (χ1v) is 16.8. The molecule has 2 unspecified atom stereocenters. The van der Waals surface area contributed by atoms with Gasteiger partial charge in [0, 0.05) is 35.4 Å². The standard InChI is InChI=1S/C39H48N4O2/c1-25(38(5)19-11-12-20-38)33-35(27-15-7-9-17-29(27)44)42-31(23-40-33)37(3,4)32-24-41-34(26(2)39(6)21-13-14-22-39)36(43-32)28-16-8-10-18-30(28)45/h7-10,15-18,23-26,44-45H,11-14,19-22H2,1-6H3. The molecule has 0 bridgehead atoms. The van der Waals surface area contributed by atoms with E-state index in [-0.39, 0.29) is 34.2 Å². The quantitative estimate of drug-likeness (QED) is 0.208. The molecule has 2 N–H and O–H groups in total. The summed E-state index contributed by atoms with van der Waals surface area (Å²) in [6, 6.07) is 14.9. The van der Waals surface area contributed by atoms with Crippen LogP contribution in [0.3, 0.4) is 0 Å². The first-order valence-electron chi connectivity index (χ1n) is 16.8. The lowest BCUT2D eigenvalue weighted by molar-refractivity contribution is 0.271. The molecule has 2 fully saturated rings. The molecule has 0 saturated heterocycles. The van der Waals surface area contributed by atoms with Crippen LogP contribution in [0.5, 0.6) is 11.5 Å². The summed E-state index contributed by atoms with van der Waals surface area (Å²) in [6.07, 6.45) is 13.4. The fourth-order valence-corrected chi connectivity index (χ4v) is 7.80. The summed E-state index contributed by atoms with van der Waals surface area (Å²) in [5.74, 6) is 0.771. The highest BCUT2D eigenvalue weighted by Crippen LogP contribution is 2.51. The highest BCUT2D eigenvalue weighted by molar-refractivity contribution is 5.70. The zero-order valence-corrected chi connectivity index (χ0v) is 27.8. The van der Waals surface area contributed by atoms with Gasteiger partial charge < -0.3 is 10.2 Å². The fraction of sp³-hybridized carbons (Fsp3) is 0.487. The van der Waals surface area contributed by atoms with Crippen LogP contribution >= 0.6 is 0 Å². The lowest BCUT2D eigenvalue weighted by Crippen LogP contribution is -2.27. The number of para-hydroxylation sites is 2. The minimum atomic E-state index is -0.656. The van der Waals surface area contributed by atoms with E-state index in [1.54, 1.807) is 12.1 Å². The van der Waals surface area contributed by atoms with Gasteiger partial charge in [-0.15, -0.1) is 0 Å². The van der Waals surface area contributed by atoms with E-state index < -0.39 is 5.41 Å². The molecule has 6 heteroatoms. The highest BCUT2D eigenvalue weighted by Gasteiger charge is 2.40. The Labute approximate surface area is 268 Å². The van der Waals surface area contributed by atoms with Crippen LogP contribution in [0.1, 0.15) is 128 Å². The fourth-order valence-electron chi connectivity index (χ4n) is 7.80. The van der Waals surface area contributed by atoms with Gasteiger partial charge in [0.05, 0.1) is 39.6 Å². The van der Waals surface area contributed by atoms with Crippen molar-refractivity contribution >= 4 is 0 Å². The van der Waals surface area contributed by atoms with Crippen molar-refractivity contribution in [3.63, 3.8) is 0 Å². The Balaban J connectivity index is 1.48. The number of hydrogen-bond acceptors (Lipinski definition) is 6. The maximum atomic E-state index is 11.0. The van der Waals surface area contributed by atoms with E-state index >= 15 is 0 Å². The zero-order chi connectivity index (χ0) is 32.0. The van der Waals surface area contributed by atoms with Crippen molar-refractivity contribution in [1.29, 1.82) is 0 Å². The second kappa shape index (κ2) is 11.9. The van der Waals surface area contributed by atoms with Gasteiger partial charge in [0.1, 0.15) is 11.5 Å². The second-order valence-corrected chi connectivity index (χ2v) is 14.8. The van der Waals surface area contributed by atoms with Crippen LogP contribution in [-0.2, 0) is 5.41 Å². The van der Waals surface area contributed by atoms with Gasteiger partial charge in [-0.3, -0.25) is 9.97 Å². The van der Waals surface area contributed by atoms with Crippen molar-refractivity contribution in [1.82, 2.24) is 19.9 Å². The summed E-state index contributed by atoms with van der Waals surface area (Å²) in [5, 5.41) is 22.0. The maximum absolute atomic E-state index is 11.0. The first kappa shape index (κ1) is 31.2. The molecule has 6 nitrogen and oxygen atoms in total. The summed E-state index contributed by atoms with van der Waals surface area (Å²) in [6.45, 7) is 13.5. The molecule has 0 amide bonds. The second-order valence-electron chi connectivity index (χ2n) is 14.8. The smallest absolute Gasteiger partial charge is 0.125 e. The number of rotatable bonds is 8. The minimum absolute atomic E-state index is 0.144. The van der Waals surface area contributed by atoms with Gasteiger partial charge in [-0.05, 0) is 74.6 Å². The largest absolute Gasteiger partial charge is 0.507 e. The first-order chi connectivity index (χ1) is 21.4.